The van der Waals surface area contributed by atoms with Crippen molar-refractivity contribution >= 4 is 11.8 Å². The van der Waals surface area contributed by atoms with E-state index in [1.165, 1.54) is 0 Å². The summed E-state index contributed by atoms with van der Waals surface area (Å²) in [6, 6.07) is 8.41. The van der Waals surface area contributed by atoms with Crippen molar-refractivity contribution in [3.05, 3.63) is 92.1 Å². The molecule has 0 bridgehead atoms. The average Bonchev–Trinajstić information content (AvgIpc) is 2.93. The summed E-state index contributed by atoms with van der Waals surface area (Å²) in [6.07, 6.45) is -3.98. The molecule has 2 atom stereocenters. The minimum absolute atomic E-state index is 0.00947. The second kappa shape index (κ2) is 15.2. The number of hydrogen-bond acceptors (Lipinski definition) is 4. The average molecular weight is 645 g/mol. The summed E-state index contributed by atoms with van der Waals surface area (Å²) >= 11 is 0. The summed E-state index contributed by atoms with van der Waals surface area (Å²) in [7, 11) is 3.44. The molecule has 3 aromatic rings. The lowest BCUT2D eigenvalue weighted by Gasteiger charge is -2.25. The highest BCUT2D eigenvalue weighted by Crippen LogP contribution is 2.37. The van der Waals surface area contributed by atoms with Gasteiger partial charge in [-0.25, -0.2) is 4.39 Å². The maximum Gasteiger partial charge on any atom is 0.416 e. The summed E-state index contributed by atoms with van der Waals surface area (Å²) in [6.45, 7) is 9.55. The zero-order valence-electron chi connectivity index (χ0n) is 27.6. The van der Waals surface area contributed by atoms with E-state index in [9.17, 15) is 32.7 Å². The molecule has 0 radical (unpaired) electrons. The quantitative estimate of drug-likeness (QED) is 0.181. The minimum atomic E-state index is -4.76. The summed E-state index contributed by atoms with van der Waals surface area (Å²) in [5.41, 5.74) is 1.69. The van der Waals surface area contributed by atoms with Crippen LogP contribution in [0.3, 0.4) is 0 Å². The van der Waals surface area contributed by atoms with Crippen LogP contribution in [0.5, 0.6) is 0 Å². The van der Waals surface area contributed by atoms with Crippen molar-refractivity contribution in [1.29, 1.82) is 0 Å². The molecule has 250 valence electrons. The number of rotatable bonds is 14. The van der Waals surface area contributed by atoms with Crippen molar-refractivity contribution in [3.63, 3.8) is 0 Å². The van der Waals surface area contributed by atoms with Gasteiger partial charge in [-0.15, -0.1) is 0 Å². The lowest BCUT2D eigenvalue weighted by molar-refractivity contribution is -0.139. The third-order valence-electron chi connectivity index (χ3n) is 8.38. The molecule has 0 fully saturated rings. The zero-order valence-corrected chi connectivity index (χ0v) is 27.6. The van der Waals surface area contributed by atoms with E-state index in [2.05, 4.69) is 0 Å². The third-order valence-corrected chi connectivity index (χ3v) is 8.38. The number of Topliss-reactive ketones (excluding diaryl/α,β-unsaturated/α-hetero) is 1. The van der Waals surface area contributed by atoms with Gasteiger partial charge in [-0.3, -0.25) is 14.4 Å². The number of carbonyl (C=O) groups is 2. The molecule has 2 aromatic carbocycles. The smallest absolute Gasteiger partial charge is 0.416 e. The fourth-order valence-electron chi connectivity index (χ4n) is 5.98. The molecule has 3 rings (SSSR count). The maximum atomic E-state index is 15.8. The largest absolute Gasteiger partial charge is 0.481 e. The summed E-state index contributed by atoms with van der Waals surface area (Å²) < 4.78 is 58.6. The fraction of sp³-hybridized carbons (Fsp3) is 0.472. The molecule has 0 unspecified atom stereocenters. The van der Waals surface area contributed by atoms with Crippen molar-refractivity contribution in [3.8, 4) is 11.1 Å². The van der Waals surface area contributed by atoms with E-state index in [0.717, 1.165) is 27.5 Å². The van der Waals surface area contributed by atoms with Gasteiger partial charge >= 0.3 is 12.1 Å². The number of carbonyl (C=O) groups excluding carboxylic acids is 1. The van der Waals surface area contributed by atoms with Crippen LogP contribution < -0.4 is 5.56 Å². The highest BCUT2D eigenvalue weighted by Gasteiger charge is 2.36. The van der Waals surface area contributed by atoms with E-state index in [0.29, 0.717) is 23.6 Å². The Labute approximate surface area is 268 Å². The molecule has 1 aromatic heterocycles. The van der Waals surface area contributed by atoms with E-state index in [1.807, 2.05) is 45.9 Å². The number of nitrogens with zero attached hydrogens (tertiary/aromatic N) is 2. The molecule has 0 aliphatic rings. The molecule has 0 aliphatic heterocycles. The number of hydrogen-bond donors (Lipinski definition) is 1. The van der Waals surface area contributed by atoms with Crippen molar-refractivity contribution < 1.29 is 32.3 Å². The number of benzene rings is 2. The summed E-state index contributed by atoms with van der Waals surface area (Å²) in [5.74, 6) is -3.36. The molecular weight excluding hydrogens is 600 g/mol. The first-order valence-electron chi connectivity index (χ1n) is 15.5. The van der Waals surface area contributed by atoms with Crippen molar-refractivity contribution in [2.45, 2.75) is 84.9 Å². The first-order chi connectivity index (χ1) is 21.4. The van der Waals surface area contributed by atoms with E-state index in [4.69, 9.17) is 0 Å². The topological polar surface area (TPSA) is 79.6 Å². The second-order valence-corrected chi connectivity index (χ2v) is 12.9. The number of aliphatic carboxylic acids is 1. The van der Waals surface area contributed by atoms with Crippen LogP contribution in [0.1, 0.15) is 84.9 Å². The molecule has 0 saturated heterocycles. The normalized spacial score (nSPS) is 13.3. The summed E-state index contributed by atoms with van der Waals surface area (Å²) in [4.78, 5) is 41.1. The lowest BCUT2D eigenvalue weighted by Crippen LogP contribution is -2.33. The standard InChI is InChI=1S/C36H44F4N2O4/c1-21(2)11-12-30(42-20-25(13-14-41(6)7)29(19-32(42)44)36(38,39)40)31(43)17-26(18-33(45)46)28-16-27(15-24(5)35(28)37)34-22(3)9-8-10-23(34)4/h8-10,15-16,19-21,26,30H,11-14,17-18H2,1-7H3,(H,45,46)/t26-,30-/m0/s1. The fourth-order valence-corrected chi connectivity index (χ4v) is 5.98. The van der Waals surface area contributed by atoms with Gasteiger partial charge in [0.2, 0.25) is 0 Å². The third kappa shape index (κ3) is 9.15. The van der Waals surface area contributed by atoms with Crippen molar-refractivity contribution in [2.75, 3.05) is 20.6 Å². The Bertz CT molecular complexity index is 1610. The number of carboxylic acid groups (broad SMARTS) is 1. The number of carboxylic acids is 1. The monoisotopic (exact) mass is 644 g/mol. The molecule has 0 spiro atoms. The van der Waals surface area contributed by atoms with Gasteiger partial charge in [0.1, 0.15) is 5.82 Å². The van der Waals surface area contributed by atoms with E-state index >= 15 is 4.39 Å². The lowest BCUT2D eigenvalue weighted by atomic mass is 9.84. The van der Waals surface area contributed by atoms with Gasteiger partial charge in [-0.1, -0.05) is 32.0 Å². The van der Waals surface area contributed by atoms with Crippen LogP contribution in [-0.4, -0.2) is 47.0 Å². The Morgan fingerprint density at radius 2 is 1.59 bits per heavy atom. The first-order valence-corrected chi connectivity index (χ1v) is 15.5. The van der Waals surface area contributed by atoms with E-state index < -0.39 is 59.7 Å². The van der Waals surface area contributed by atoms with Gasteiger partial charge in [-0.2, -0.15) is 13.2 Å². The minimum Gasteiger partial charge on any atom is -0.481 e. The number of ketones is 1. The first kappa shape index (κ1) is 36.7. The van der Waals surface area contributed by atoms with Crippen molar-refractivity contribution in [1.82, 2.24) is 9.47 Å². The molecule has 1 heterocycles. The number of aromatic nitrogens is 1. The Morgan fingerprint density at radius 1 is 0.957 bits per heavy atom. The molecular formula is C36H44F4N2O4. The molecule has 0 saturated carbocycles. The predicted molar refractivity (Wildman–Crippen MR) is 172 cm³/mol. The number of likely N-dealkylation sites (N-methyl/N-ethyl adjacent to an activating group) is 1. The van der Waals surface area contributed by atoms with Crippen LogP contribution in [0, 0.1) is 32.5 Å². The Kier molecular flexibility index (Phi) is 12.1. The SMILES string of the molecule is Cc1cc(-c2c(C)cccc2C)cc([C@H](CC(=O)O)CC(=O)[C@H](CCC(C)C)n2cc(CCN(C)C)c(C(F)(F)F)cc2=O)c1F. The number of aryl methyl sites for hydroxylation is 3. The van der Waals surface area contributed by atoms with Gasteiger partial charge in [0.25, 0.3) is 5.56 Å². The van der Waals surface area contributed by atoms with Gasteiger partial charge in [-0.05, 0) is 111 Å². The molecule has 10 heteroatoms. The van der Waals surface area contributed by atoms with Gasteiger partial charge < -0.3 is 14.6 Å². The van der Waals surface area contributed by atoms with Gasteiger partial charge in [0.05, 0.1) is 18.0 Å². The Balaban J connectivity index is 2.15. The van der Waals surface area contributed by atoms with Crippen LogP contribution in [0.15, 0.2) is 47.4 Å². The van der Waals surface area contributed by atoms with E-state index in [-0.39, 0.29) is 36.4 Å². The highest BCUT2D eigenvalue weighted by molar-refractivity contribution is 5.84. The number of halogens is 4. The van der Waals surface area contributed by atoms with Gasteiger partial charge in [0, 0.05) is 31.1 Å². The molecule has 46 heavy (non-hydrogen) atoms. The predicted octanol–water partition coefficient (Wildman–Crippen LogP) is 7.90. The van der Waals surface area contributed by atoms with Crippen LogP contribution in [0.4, 0.5) is 17.6 Å². The summed E-state index contributed by atoms with van der Waals surface area (Å²) in [5, 5.41) is 9.82. The van der Waals surface area contributed by atoms with Gasteiger partial charge in [0.15, 0.2) is 5.78 Å². The molecule has 1 N–H and O–H groups in total. The van der Waals surface area contributed by atoms with Crippen molar-refractivity contribution in [2.24, 2.45) is 5.92 Å². The van der Waals surface area contributed by atoms with E-state index in [1.54, 1.807) is 38.1 Å². The number of pyridine rings is 1. The Hall–Kier alpha value is -3.79. The molecule has 0 aliphatic carbocycles. The second-order valence-electron chi connectivity index (χ2n) is 12.9. The van der Waals surface area contributed by atoms with Crippen LogP contribution in [0.2, 0.25) is 0 Å². The zero-order chi connectivity index (χ0) is 34.5. The highest BCUT2D eigenvalue weighted by atomic mass is 19.4. The van der Waals surface area contributed by atoms with Crippen LogP contribution in [-0.2, 0) is 22.2 Å². The molecule has 0 amide bonds. The Morgan fingerprint density at radius 3 is 2.13 bits per heavy atom. The maximum absolute atomic E-state index is 15.8. The van der Waals surface area contributed by atoms with Crippen LogP contribution >= 0.6 is 0 Å². The number of alkyl halides is 3. The molecule has 6 nitrogen and oxygen atoms in total. The van der Waals surface area contributed by atoms with Crippen LogP contribution in [0.25, 0.3) is 11.1 Å².